The molecule has 1 aliphatic rings. The molecule has 3 aromatic rings. The molecule has 0 amide bonds. The molecule has 6 nitrogen and oxygen atoms in total. The largest absolute Gasteiger partial charge is 0.465 e. The van der Waals surface area contributed by atoms with Gasteiger partial charge in [0.25, 0.3) is 0 Å². The van der Waals surface area contributed by atoms with Gasteiger partial charge >= 0.3 is 5.97 Å². The van der Waals surface area contributed by atoms with Gasteiger partial charge in [-0.15, -0.1) is 0 Å². The first-order valence-electron chi connectivity index (χ1n) is 8.68. The molecule has 27 heavy (non-hydrogen) atoms. The van der Waals surface area contributed by atoms with Crippen LogP contribution in [0, 0.1) is 0 Å². The van der Waals surface area contributed by atoms with Crippen LogP contribution in [0.3, 0.4) is 0 Å². The molecule has 0 atom stereocenters. The number of aromatic nitrogens is 2. The number of imidazole rings is 1. The maximum Gasteiger partial charge on any atom is 0.337 e. The average molecular weight is 360 g/mol. The summed E-state index contributed by atoms with van der Waals surface area (Å²) in [4.78, 5) is 24.2. The summed E-state index contributed by atoms with van der Waals surface area (Å²) in [5, 5.41) is 3.36. The summed E-state index contributed by atoms with van der Waals surface area (Å²) in [6, 6.07) is 15.3. The second-order valence-corrected chi connectivity index (χ2v) is 6.90. The summed E-state index contributed by atoms with van der Waals surface area (Å²) < 4.78 is 4.73. The lowest BCUT2D eigenvalue weighted by atomic mass is 9.92. The van der Waals surface area contributed by atoms with Crippen LogP contribution in [0.25, 0.3) is 11.3 Å². The summed E-state index contributed by atoms with van der Waals surface area (Å²) in [5.74, 6) is 1.02. The number of methoxy groups -OCH3 is 1. The number of amidine groups is 1. The van der Waals surface area contributed by atoms with Crippen LogP contribution in [0.4, 0.5) is 5.69 Å². The Morgan fingerprint density at radius 3 is 2.56 bits per heavy atom. The van der Waals surface area contributed by atoms with Crippen LogP contribution in [-0.4, -0.2) is 28.9 Å². The van der Waals surface area contributed by atoms with E-state index in [1.54, 1.807) is 18.3 Å². The van der Waals surface area contributed by atoms with Gasteiger partial charge < -0.3 is 15.0 Å². The second kappa shape index (κ2) is 6.39. The van der Waals surface area contributed by atoms with Crippen LogP contribution in [0.5, 0.6) is 0 Å². The zero-order valence-electron chi connectivity index (χ0n) is 15.4. The summed E-state index contributed by atoms with van der Waals surface area (Å²) >= 11 is 0. The molecule has 1 aliphatic heterocycles. The van der Waals surface area contributed by atoms with Gasteiger partial charge in [0.05, 0.1) is 30.1 Å². The van der Waals surface area contributed by atoms with Crippen LogP contribution in [0.1, 0.15) is 35.6 Å². The van der Waals surface area contributed by atoms with Crippen molar-refractivity contribution in [3.63, 3.8) is 0 Å². The van der Waals surface area contributed by atoms with Gasteiger partial charge in [0.15, 0.2) is 11.7 Å². The smallest absolute Gasteiger partial charge is 0.337 e. The number of H-pyrrole nitrogens is 1. The Morgan fingerprint density at radius 1 is 1.07 bits per heavy atom. The molecule has 4 rings (SSSR count). The molecule has 2 aromatic carbocycles. The van der Waals surface area contributed by atoms with E-state index in [2.05, 4.69) is 35.2 Å². The first-order chi connectivity index (χ1) is 13.0. The molecule has 0 bridgehead atoms. The SMILES string of the molecule is COC(=O)c1ccc(-c2cnc(C3=NC(C)(C)c4ccccc4N3)[nH]2)cc1. The molecule has 6 heteroatoms. The number of rotatable bonds is 3. The number of hydrogen-bond acceptors (Lipinski definition) is 5. The zero-order valence-corrected chi connectivity index (χ0v) is 15.4. The molecule has 2 heterocycles. The van der Waals surface area contributed by atoms with E-state index in [9.17, 15) is 4.79 Å². The van der Waals surface area contributed by atoms with Crippen molar-refractivity contribution in [1.82, 2.24) is 9.97 Å². The molecule has 0 radical (unpaired) electrons. The number of nitrogens with one attached hydrogen (secondary N) is 2. The van der Waals surface area contributed by atoms with Gasteiger partial charge in [0.1, 0.15) is 0 Å². The Morgan fingerprint density at radius 2 is 1.81 bits per heavy atom. The lowest BCUT2D eigenvalue weighted by molar-refractivity contribution is 0.0601. The molecule has 0 unspecified atom stereocenters. The van der Waals surface area contributed by atoms with E-state index < -0.39 is 0 Å². The fraction of sp³-hybridized carbons (Fsp3) is 0.190. The number of anilines is 1. The number of carbonyl (C=O) groups excluding carboxylic acids is 1. The van der Waals surface area contributed by atoms with E-state index in [0.717, 1.165) is 22.5 Å². The number of nitrogens with zero attached hydrogens (tertiary/aromatic N) is 2. The van der Waals surface area contributed by atoms with Crippen LogP contribution in [0.15, 0.2) is 59.7 Å². The predicted octanol–water partition coefficient (Wildman–Crippen LogP) is 3.97. The number of esters is 1. The number of ether oxygens (including phenoxy) is 1. The molecule has 136 valence electrons. The number of aromatic amines is 1. The third-order valence-corrected chi connectivity index (χ3v) is 4.65. The number of para-hydroxylation sites is 1. The Labute approximate surface area is 157 Å². The number of hydrogen-bond donors (Lipinski definition) is 2. The van der Waals surface area contributed by atoms with Crippen molar-refractivity contribution in [2.45, 2.75) is 19.4 Å². The normalized spacial score (nSPS) is 14.7. The Kier molecular flexibility index (Phi) is 4.03. The van der Waals surface area contributed by atoms with Gasteiger partial charge in [0, 0.05) is 11.3 Å². The van der Waals surface area contributed by atoms with Crippen molar-refractivity contribution < 1.29 is 9.53 Å². The minimum atomic E-state index is -0.353. The summed E-state index contributed by atoms with van der Waals surface area (Å²) in [6.45, 7) is 4.17. The highest BCUT2D eigenvalue weighted by Crippen LogP contribution is 2.35. The third kappa shape index (κ3) is 3.10. The molecule has 0 saturated carbocycles. The van der Waals surface area contributed by atoms with Crippen molar-refractivity contribution in [3.8, 4) is 11.3 Å². The molecule has 0 fully saturated rings. The van der Waals surface area contributed by atoms with E-state index in [1.807, 2.05) is 30.3 Å². The highest BCUT2D eigenvalue weighted by atomic mass is 16.5. The third-order valence-electron chi connectivity index (χ3n) is 4.65. The summed E-state index contributed by atoms with van der Waals surface area (Å²) in [6.07, 6.45) is 1.76. The second-order valence-electron chi connectivity index (χ2n) is 6.90. The van der Waals surface area contributed by atoms with Gasteiger partial charge in [0.2, 0.25) is 0 Å². The Hall–Kier alpha value is -3.41. The summed E-state index contributed by atoms with van der Waals surface area (Å²) in [5.41, 5.74) is 4.14. The minimum absolute atomic E-state index is 0.341. The van der Waals surface area contributed by atoms with Crippen molar-refractivity contribution in [2.24, 2.45) is 4.99 Å². The Balaban J connectivity index is 1.64. The molecule has 0 saturated heterocycles. The van der Waals surface area contributed by atoms with Crippen molar-refractivity contribution in [2.75, 3.05) is 12.4 Å². The monoisotopic (exact) mass is 360 g/mol. The molecule has 0 spiro atoms. The van der Waals surface area contributed by atoms with E-state index in [-0.39, 0.29) is 11.5 Å². The van der Waals surface area contributed by atoms with Gasteiger partial charge in [-0.25, -0.2) is 9.78 Å². The first-order valence-corrected chi connectivity index (χ1v) is 8.68. The van der Waals surface area contributed by atoms with Gasteiger partial charge in [-0.2, -0.15) is 0 Å². The predicted molar refractivity (Wildman–Crippen MR) is 105 cm³/mol. The number of fused-ring (bicyclic) bond motifs is 1. The zero-order chi connectivity index (χ0) is 19.0. The van der Waals surface area contributed by atoms with Crippen LogP contribution < -0.4 is 5.32 Å². The molecular formula is C21H20N4O2. The molecule has 2 N–H and O–H groups in total. The van der Waals surface area contributed by atoms with E-state index in [0.29, 0.717) is 17.2 Å². The maximum absolute atomic E-state index is 11.6. The average Bonchev–Trinajstić information content (AvgIpc) is 3.17. The fourth-order valence-electron chi connectivity index (χ4n) is 3.22. The van der Waals surface area contributed by atoms with Gasteiger partial charge in [-0.1, -0.05) is 30.3 Å². The fourth-order valence-corrected chi connectivity index (χ4v) is 3.22. The molecular weight excluding hydrogens is 340 g/mol. The highest BCUT2D eigenvalue weighted by Gasteiger charge is 2.29. The van der Waals surface area contributed by atoms with Crippen LogP contribution >= 0.6 is 0 Å². The van der Waals surface area contributed by atoms with Crippen molar-refractivity contribution >= 4 is 17.5 Å². The molecule has 0 aliphatic carbocycles. The number of carbonyl (C=O) groups is 1. The maximum atomic E-state index is 11.6. The minimum Gasteiger partial charge on any atom is -0.465 e. The number of aliphatic imine (C=N–C) groups is 1. The quantitative estimate of drug-likeness (QED) is 0.693. The lowest BCUT2D eigenvalue weighted by Crippen LogP contribution is -2.29. The van der Waals surface area contributed by atoms with E-state index >= 15 is 0 Å². The topological polar surface area (TPSA) is 79.4 Å². The molecule has 1 aromatic heterocycles. The number of benzene rings is 2. The van der Waals surface area contributed by atoms with Crippen LogP contribution in [0.2, 0.25) is 0 Å². The van der Waals surface area contributed by atoms with Crippen LogP contribution in [-0.2, 0) is 10.3 Å². The van der Waals surface area contributed by atoms with E-state index in [4.69, 9.17) is 9.73 Å². The van der Waals surface area contributed by atoms with Gasteiger partial charge in [-0.05, 0) is 37.6 Å². The van der Waals surface area contributed by atoms with E-state index in [1.165, 1.54) is 7.11 Å². The van der Waals surface area contributed by atoms with Crippen molar-refractivity contribution in [3.05, 3.63) is 71.7 Å². The standard InChI is InChI=1S/C21H20N4O2/c1-21(2)15-6-4-5-7-16(15)23-19(25-21)18-22-12-17(24-18)13-8-10-14(11-9-13)20(26)27-3/h4-12H,1-3H3,(H,22,24)(H,23,25). The Bertz CT molecular complexity index is 1030. The first kappa shape index (κ1) is 17.0. The lowest BCUT2D eigenvalue weighted by Gasteiger charge is -2.30. The summed E-state index contributed by atoms with van der Waals surface area (Å²) in [7, 11) is 1.37. The highest BCUT2D eigenvalue weighted by molar-refractivity contribution is 6.08. The van der Waals surface area contributed by atoms with Crippen molar-refractivity contribution in [1.29, 1.82) is 0 Å². The van der Waals surface area contributed by atoms with Gasteiger partial charge in [-0.3, -0.25) is 4.99 Å².